The third-order valence-corrected chi connectivity index (χ3v) is 3.92. The lowest BCUT2D eigenvalue weighted by molar-refractivity contribution is -0.163. The molecule has 0 aromatic rings. The third-order valence-electron chi connectivity index (χ3n) is 2.85. The Balaban J connectivity index is 4.31. The highest BCUT2D eigenvalue weighted by atomic mass is 32.2. The Labute approximate surface area is 142 Å². The normalized spacial score (nSPS) is 12.6. The van der Waals surface area contributed by atoms with Crippen LogP contribution in [-0.2, 0) is 38.7 Å². The van der Waals surface area contributed by atoms with E-state index in [0.717, 1.165) is 25.7 Å². The number of esters is 2. The quantitative estimate of drug-likeness (QED) is 0.208. The maximum atomic E-state index is 11.7. The minimum Gasteiger partial charge on any atom is -0.438 e. The first-order valence-corrected chi connectivity index (χ1v) is 9.27. The van der Waals surface area contributed by atoms with E-state index in [9.17, 15) is 18.0 Å². The number of unbranched alkanes of at least 4 members (excludes halogenated alkanes) is 2. The summed E-state index contributed by atoms with van der Waals surface area (Å²) in [4.78, 5) is 23.2. The van der Waals surface area contributed by atoms with Crippen LogP contribution in [0.2, 0.25) is 0 Å². The van der Waals surface area contributed by atoms with Crippen LogP contribution in [0.5, 0.6) is 0 Å². The Morgan fingerprint density at radius 3 is 1.92 bits per heavy atom. The maximum Gasteiger partial charge on any atom is 0.329 e. The molecule has 0 radical (unpaired) electrons. The fraction of sp³-hybridized carbons (Fsp3) is 0.857. The monoisotopic (exact) mass is 370 g/mol. The van der Waals surface area contributed by atoms with Crippen LogP contribution in [0.25, 0.3) is 0 Å². The van der Waals surface area contributed by atoms with E-state index in [1.54, 1.807) is 0 Å². The van der Waals surface area contributed by atoms with Crippen molar-refractivity contribution in [2.75, 3.05) is 26.8 Å². The molecule has 0 saturated carbocycles. The van der Waals surface area contributed by atoms with Crippen LogP contribution in [0.1, 0.15) is 46.0 Å². The molecule has 0 spiro atoms. The fourth-order valence-electron chi connectivity index (χ4n) is 1.43. The second-order valence-electron chi connectivity index (χ2n) is 4.95. The first-order chi connectivity index (χ1) is 11.3. The standard InChI is InChI=1S/C14H26O9S/c1-3-5-7-20-10-22-13(15)9-12(24(17,18)19)14(16)23-11-21-8-6-4-2/h12H,3-11H2,1-2H3,(H,17,18,19). The predicted octanol–water partition coefficient (Wildman–Crippen LogP) is 1.27. The first kappa shape index (κ1) is 22.8. The number of rotatable bonds is 14. The average molecular weight is 370 g/mol. The summed E-state index contributed by atoms with van der Waals surface area (Å²) in [5.41, 5.74) is 0. The molecular formula is C14H26O9S. The molecule has 1 N–H and O–H groups in total. The first-order valence-electron chi connectivity index (χ1n) is 7.76. The minimum absolute atomic E-state index is 0.345. The molecule has 0 bridgehead atoms. The van der Waals surface area contributed by atoms with E-state index in [4.69, 9.17) is 14.0 Å². The Morgan fingerprint density at radius 2 is 1.46 bits per heavy atom. The van der Waals surface area contributed by atoms with E-state index in [-0.39, 0.29) is 6.79 Å². The summed E-state index contributed by atoms with van der Waals surface area (Å²) in [5.74, 6) is -2.28. The van der Waals surface area contributed by atoms with E-state index < -0.39 is 40.5 Å². The van der Waals surface area contributed by atoms with E-state index in [1.807, 2.05) is 13.8 Å². The Bertz CT molecular complexity index is 461. The van der Waals surface area contributed by atoms with Crippen molar-refractivity contribution < 1.29 is 41.5 Å². The molecule has 0 aromatic carbocycles. The van der Waals surface area contributed by atoms with Crippen molar-refractivity contribution in [3.8, 4) is 0 Å². The number of carbonyl (C=O) groups is 2. The molecular weight excluding hydrogens is 344 g/mol. The zero-order chi connectivity index (χ0) is 18.4. The average Bonchev–Trinajstić information content (AvgIpc) is 2.51. The van der Waals surface area contributed by atoms with Crippen molar-refractivity contribution in [3.63, 3.8) is 0 Å². The van der Waals surface area contributed by atoms with Gasteiger partial charge in [-0.25, -0.2) is 0 Å². The molecule has 0 aliphatic rings. The van der Waals surface area contributed by atoms with Crippen molar-refractivity contribution in [2.45, 2.75) is 51.2 Å². The molecule has 0 amide bonds. The van der Waals surface area contributed by atoms with Crippen LogP contribution in [0.4, 0.5) is 0 Å². The summed E-state index contributed by atoms with van der Waals surface area (Å²) in [5, 5.41) is -2.06. The minimum atomic E-state index is -4.82. The largest absolute Gasteiger partial charge is 0.438 e. The zero-order valence-corrected chi connectivity index (χ0v) is 14.9. The highest BCUT2D eigenvalue weighted by molar-refractivity contribution is 7.87. The highest BCUT2D eigenvalue weighted by Crippen LogP contribution is 2.09. The molecule has 24 heavy (non-hydrogen) atoms. The third kappa shape index (κ3) is 11.3. The van der Waals surface area contributed by atoms with Crippen LogP contribution >= 0.6 is 0 Å². The van der Waals surface area contributed by atoms with Crippen molar-refractivity contribution in [1.29, 1.82) is 0 Å². The van der Waals surface area contributed by atoms with Gasteiger partial charge in [0, 0.05) is 0 Å². The Hall–Kier alpha value is -1.23. The fourth-order valence-corrected chi connectivity index (χ4v) is 2.09. The zero-order valence-electron chi connectivity index (χ0n) is 14.1. The van der Waals surface area contributed by atoms with Crippen LogP contribution in [0, 0.1) is 0 Å². The summed E-state index contributed by atoms with van der Waals surface area (Å²) in [6.07, 6.45) is 2.46. The number of carbonyl (C=O) groups excluding carboxylic acids is 2. The summed E-state index contributed by atoms with van der Waals surface area (Å²) in [7, 11) is -4.82. The van der Waals surface area contributed by atoms with Gasteiger partial charge in [-0.2, -0.15) is 8.42 Å². The van der Waals surface area contributed by atoms with Crippen LogP contribution in [0.3, 0.4) is 0 Å². The predicted molar refractivity (Wildman–Crippen MR) is 83.6 cm³/mol. The van der Waals surface area contributed by atoms with Gasteiger partial charge < -0.3 is 18.9 Å². The molecule has 0 aliphatic heterocycles. The number of hydrogen-bond donors (Lipinski definition) is 1. The Kier molecular flexibility index (Phi) is 12.4. The summed E-state index contributed by atoms with van der Waals surface area (Å²) in [6.45, 7) is 3.83. The highest BCUT2D eigenvalue weighted by Gasteiger charge is 2.35. The molecule has 142 valence electrons. The summed E-state index contributed by atoms with van der Waals surface area (Å²) < 4.78 is 50.7. The van der Waals surface area contributed by atoms with Gasteiger partial charge in [0.05, 0.1) is 19.6 Å². The van der Waals surface area contributed by atoms with Crippen molar-refractivity contribution in [3.05, 3.63) is 0 Å². The van der Waals surface area contributed by atoms with Gasteiger partial charge in [-0.05, 0) is 12.8 Å². The van der Waals surface area contributed by atoms with Crippen LogP contribution < -0.4 is 0 Å². The van der Waals surface area contributed by atoms with E-state index in [1.165, 1.54) is 0 Å². The van der Waals surface area contributed by atoms with Crippen molar-refractivity contribution in [2.24, 2.45) is 0 Å². The second-order valence-corrected chi connectivity index (χ2v) is 6.55. The lowest BCUT2D eigenvalue weighted by Gasteiger charge is -2.13. The van der Waals surface area contributed by atoms with Crippen LogP contribution in [0.15, 0.2) is 0 Å². The molecule has 0 rings (SSSR count). The topological polar surface area (TPSA) is 125 Å². The number of ether oxygens (including phenoxy) is 4. The molecule has 1 unspecified atom stereocenters. The van der Waals surface area contributed by atoms with Gasteiger partial charge in [-0.3, -0.25) is 14.1 Å². The molecule has 0 heterocycles. The molecule has 1 atom stereocenters. The molecule has 9 nitrogen and oxygen atoms in total. The van der Waals surface area contributed by atoms with E-state index >= 15 is 0 Å². The van der Waals surface area contributed by atoms with E-state index in [2.05, 4.69) is 9.47 Å². The lowest BCUT2D eigenvalue weighted by atomic mass is 10.3. The van der Waals surface area contributed by atoms with Crippen molar-refractivity contribution >= 4 is 22.1 Å². The number of hydrogen-bond acceptors (Lipinski definition) is 8. The van der Waals surface area contributed by atoms with Crippen molar-refractivity contribution in [1.82, 2.24) is 0 Å². The molecule has 0 fully saturated rings. The second kappa shape index (κ2) is 13.1. The van der Waals surface area contributed by atoms with Gasteiger partial charge in [0.2, 0.25) is 0 Å². The SMILES string of the molecule is CCCCOCOC(=O)CC(C(=O)OCOCCCC)S(=O)(=O)O. The van der Waals surface area contributed by atoms with Gasteiger partial charge in [0.15, 0.2) is 18.8 Å². The van der Waals surface area contributed by atoms with E-state index in [0.29, 0.717) is 13.2 Å². The molecule has 10 heteroatoms. The van der Waals surface area contributed by atoms with Gasteiger partial charge in [0.25, 0.3) is 10.1 Å². The Morgan fingerprint density at radius 1 is 0.958 bits per heavy atom. The van der Waals surface area contributed by atoms with Crippen LogP contribution in [-0.4, -0.2) is 57.0 Å². The summed E-state index contributed by atoms with van der Waals surface area (Å²) >= 11 is 0. The van der Waals surface area contributed by atoms with Gasteiger partial charge in [-0.15, -0.1) is 0 Å². The maximum absolute atomic E-state index is 11.7. The molecule has 0 aliphatic carbocycles. The molecule has 0 saturated heterocycles. The lowest BCUT2D eigenvalue weighted by Crippen LogP contribution is -2.35. The molecule has 0 aromatic heterocycles. The van der Waals surface area contributed by atoms with Gasteiger partial charge in [-0.1, -0.05) is 26.7 Å². The van der Waals surface area contributed by atoms with Gasteiger partial charge >= 0.3 is 11.9 Å². The smallest absolute Gasteiger partial charge is 0.329 e. The summed E-state index contributed by atoms with van der Waals surface area (Å²) in [6, 6.07) is 0. The van der Waals surface area contributed by atoms with Gasteiger partial charge in [0.1, 0.15) is 0 Å².